The van der Waals surface area contributed by atoms with Crippen LogP contribution in [0.2, 0.25) is 0 Å². The van der Waals surface area contributed by atoms with E-state index in [-0.39, 0.29) is 5.41 Å². The molecule has 1 N–H and O–H groups in total. The zero-order valence-corrected chi connectivity index (χ0v) is 12.9. The second kappa shape index (κ2) is 5.54. The van der Waals surface area contributed by atoms with Gasteiger partial charge in [0.25, 0.3) is 0 Å². The molecule has 2 nitrogen and oxygen atoms in total. The number of rotatable bonds is 5. The number of benzene rings is 1. The fourth-order valence-electron chi connectivity index (χ4n) is 2.66. The van der Waals surface area contributed by atoms with Gasteiger partial charge in [0.05, 0.1) is 0 Å². The minimum atomic E-state index is 0.211. The molecule has 0 spiro atoms. The van der Waals surface area contributed by atoms with Gasteiger partial charge in [-0.15, -0.1) is 0 Å². The highest BCUT2D eigenvalue weighted by atomic mass is 16.5. The highest BCUT2D eigenvalue weighted by Gasteiger charge is 2.24. The second-order valence-corrected chi connectivity index (χ2v) is 6.70. The van der Waals surface area contributed by atoms with E-state index in [4.69, 9.17) is 4.74 Å². The molecule has 1 heterocycles. The van der Waals surface area contributed by atoms with E-state index in [0.717, 1.165) is 25.1 Å². The Balaban J connectivity index is 2.06. The van der Waals surface area contributed by atoms with E-state index in [1.165, 1.54) is 11.1 Å². The molecule has 2 heteroatoms. The molecule has 2 rings (SSSR count). The molecule has 1 unspecified atom stereocenters. The van der Waals surface area contributed by atoms with Crippen LogP contribution in [-0.2, 0) is 11.8 Å². The summed E-state index contributed by atoms with van der Waals surface area (Å²) in [6.45, 7) is 12.3. The lowest BCUT2D eigenvalue weighted by atomic mass is 9.80. The normalized spacial score (nSPS) is 18.5. The maximum absolute atomic E-state index is 5.77. The Morgan fingerprint density at radius 1 is 1.37 bits per heavy atom. The third-order valence-corrected chi connectivity index (χ3v) is 3.98. The predicted molar refractivity (Wildman–Crippen MR) is 81.0 cm³/mol. The van der Waals surface area contributed by atoms with Crippen molar-refractivity contribution in [3.63, 3.8) is 0 Å². The first-order valence-corrected chi connectivity index (χ1v) is 7.42. The number of hydrogen-bond donors (Lipinski definition) is 1. The van der Waals surface area contributed by atoms with Crippen molar-refractivity contribution in [3.05, 3.63) is 29.3 Å². The molecule has 0 amide bonds. The predicted octanol–water partition coefficient (Wildman–Crippen LogP) is 3.68. The molecule has 1 aromatic carbocycles. The Bertz CT molecular complexity index is 437. The molecule has 0 bridgehead atoms. The van der Waals surface area contributed by atoms with Crippen LogP contribution in [0, 0.1) is 0 Å². The summed E-state index contributed by atoms with van der Waals surface area (Å²) in [5, 5.41) is 3.51. The van der Waals surface area contributed by atoms with Gasteiger partial charge in [0.1, 0.15) is 11.9 Å². The molecule has 1 aliphatic heterocycles. The molecule has 0 fully saturated rings. The van der Waals surface area contributed by atoms with Crippen LogP contribution < -0.4 is 10.1 Å². The van der Waals surface area contributed by atoms with Gasteiger partial charge in [0.15, 0.2) is 0 Å². The Kier molecular flexibility index (Phi) is 4.19. The summed E-state index contributed by atoms with van der Waals surface area (Å²) in [6, 6.07) is 7.27. The van der Waals surface area contributed by atoms with Gasteiger partial charge in [0, 0.05) is 12.5 Å². The molecule has 106 valence electrons. The lowest BCUT2D eigenvalue weighted by Crippen LogP contribution is -2.29. The fourth-order valence-corrected chi connectivity index (χ4v) is 2.66. The quantitative estimate of drug-likeness (QED) is 0.873. The van der Waals surface area contributed by atoms with Crippen molar-refractivity contribution in [1.82, 2.24) is 5.32 Å². The zero-order chi connectivity index (χ0) is 14.0. The van der Waals surface area contributed by atoms with Crippen molar-refractivity contribution in [2.24, 2.45) is 0 Å². The van der Waals surface area contributed by atoms with Gasteiger partial charge in [-0.1, -0.05) is 39.8 Å². The number of hydrogen-bond acceptors (Lipinski definition) is 2. The SMILES string of the molecule is CC(C)NCCC(C)(C)c1ccc2c(c1)CC(C)O2. The van der Waals surface area contributed by atoms with Crippen LogP contribution in [0.15, 0.2) is 18.2 Å². The van der Waals surface area contributed by atoms with Gasteiger partial charge < -0.3 is 10.1 Å². The van der Waals surface area contributed by atoms with Gasteiger partial charge in [-0.05, 0) is 42.5 Å². The first-order valence-electron chi connectivity index (χ1n) is 7.42. The van der Waals surface area contributed by atoms with Crippen LogP contribution in [-0.4, -0.2) is 18.7 Å². The van der Waals surface area contributed by atoms with Crippen molar-refractivity contribution in [2.45, 2.75) is 65.0 Å². The van der Waals surface area contributed by atoms with Crippen molar-refractivity contribution in [2.75, 3.05) is 6.54 Å². The molecule has 1 aromatic rings. The number of fused-ring (bicyclic) bond motifs is 1. The monoisotopic (exact) mass is 261 g/mol. The van der Waals surface area contributed by atoms with E-state index in [9.17, 15) is 0 Å². The van der Waals surface area contributed by atoms with Gasteiger partial charge in [-0.25, -0.2) is 0 Å². The van der Waals surface area contributed by atoms with Crippen molar-refractivity contribution < 1.29 is 4.74 Å². The van der Waals surface area contributed by atoms with Crippen LogP contribution >= 0.6 is 0 Å². The minimum Gasteiger partial charge on any atom is -0.490 e. The standard InChI is InChI=1S/C17H27NO/c1-12(2)18-9-8-17(4,5)15-6-7-16-14(11-15)10-13(3)19-16/h6-7,11-13,18H,8-10H2,1-5H3. The Morgan fingerprint density at radius 2 is 2.11 bits per heavy atom. The summed E-state index contributed by atoms with van der Waals surface area (Å²) in [4.78, 5) is 0. The highest BCUT2D eigenvalue weighted by Crippen LogP contribution is 2.34. The summed E-state index contributed by atoms with van der Waals surface area (Å²) in [5.74, 6) is 1.08. The third kappa shape index (κ3) is 3.50. The summed E-state index contributed by atoms with van der Waals surface area (Å²) < 4.78 is 5.77. The summed E-state index contributed by atoms with van der Waals surface area (Å²) in [7, 11) is 0. The molecular weight excluding hydrogens is 234 g/mol. The smallest absolute Gasteiger partial charge is 0.123 e. The molecule has 19 heavy (non-hydrogen) atoms. The molecular formula is C17H27NO. The van der Waals surface area contributed by atoms with Crippen LogP contribution in [0.25, 0.3) is 0 Å². The second-order valence-electron chi connectivity index (χ2n) is 6.70. The van der Waals surface area contributed by atoms with Crippen molar-refractivity contribution in [3.8, 4) is 5.75 Å². The molecule has 0 aromatic heterocycles. The number of nitrogens with one attached hydrogen (secondary N) is 1. The average molecular weight is 261 g/mol. The van der Waals surface area contributed by atoms with E-state index in [1.807, 2.05) is 0 Å². The Morgan fingerprint density at radius 3 is 2.79 bits per heavy atom. The maximum Gasteiger partial charge on any atom is 0.123 e. The molecule has 0 aliphatic carbocycles. The van der Waals surface area contributed by atoms with Gasteiger partial charge in [-0.3, -0.25) is 0 Å². The fraction of sp³-hybridized carbons (Fsp3) is 0.647. The van der Waals surface area contributed by atoms with Crippen LogP contribution in [0.4, 0.5) is 0 Å². The van der Waals surface area contributed by atoms with Gasteiger partial charge in [0.2, 0.25) is 0 Å². The molecule has 0 saturated heterocycles. The molecule has 1 aliphatic rings. The molecule has 0 saturated carbocycles. The van der Waals surface area contributed by atoms with E-state index in [0.29, 0.717) is 12.1 Å². The number of ether oxygens (including phenoxy) is 1. The van der Waals surface area contributed by atoms with Gasteiger partial charge in [-0.2, -0.15) is 0 Å². The average Bonchev–Trinajstić information content (AvgIpc) is 2.67. The topological polar surface area (TPSA) is 21.3 Å². The van der Waals surface area contributed by atoms with Crippen molar-refractivity contribution in [1.29, 1.82) is 0 Å². The third-order valence-electron chi connectivity index (χ3n) is 3.98. The first kappa shape index (κ1) is 14.4. The van der Waals surface area contributed by atoms with Crippen LogP contribution in [0.5, 0.6) is 5.75 Å². The molecule has 1 atom stereocenters. The maximum atomic E-state index is 5.77. The van der Waals surface area contributed by atoms with Crippen molar-refractivity contribution >= 4 is 0 Å². The van der Waals surface area contributed by atoms with Crippen LogP contribution in [0.3, 0.4) is 0 Å². The zero-order valence-electron chi connectivity index (χ0n) is 12.9. The largest absolute Gasteiger partial charge is 0.490 e. The first-order chi connectivity index (χ1) is 8.88. The lowest BCUT2D eigenvalue weighted by Gasteiger charge is -2.26. The summed E-state index contributed by atoms with van der Waals surface area (Å²) >= 11 is 0. The van der Waals surface area contributed by atoms with Crippen LogP contribution in [0.1, 0.15) is 52.2 Å². The van der Waals surface area contributed by atoms with Gasteiger partial charge >= 0.3 is 0 Å². The minimum absolute atomic E-state index is 0.211. The van der Waals surface area contributed by atoms with E-state index in [2.05, 4.69) is 58.1 Å². The summed E-state index contributed by atoms with van der Waals surface area (Å²) in [5.41, 5.74) is 3.01. The Hall–Kier alpha value is -1.02. The molecule has 0 radical (unpaired) electrons. The van der Waals surface area contributed by atoms with E-state index in [1.54, 1.807) is 0 Å². The Labute approximate surface area is 117 Å². The highest BCUT2D eigenvalue weighted by molar-refractivity contribution is 5.42. The van der Waals surface area contributed by atoms with E-state index >= 15 is 0 Å². The van der Waals surface area contributed by atoms with E-state index < -0.39 is 0 Å². The summed E-state index contributed by atoms with van der Waals surface area (Å²) in [6.07, 6.45) is 2.53. The lowest BCUT2D eigenvalue weighted by molar-refractivity contribution is 0.254.